The maximum Gasteiger partial charge on any atom is 0.194 e. The molecule has 0 spiro atoms. The highest BCUT2D eigenvalue weighted by atomic mass is 19.1. The number of halogens is 1. The first-order valence-corrected chi connectivity index (χ1v) is 9.03. The summed E-state index contributed by atoms with van der Waals surface area (Å²) in [6, 6.07) is 6.86. The number of guanidine groups is 1. The fourth-order valence-corrected chi connectivity index (χ4v) is 3.47. The van der Waals surface area contributed by atoms with Gasteiger partial charge in [0.25, 0.3) is 0 Å². The Morgan fingerprint density at radius 2 is 2.12 bits per heavy atom. The first-order chi connectivity index (χ1) is 12.2. The van der Waals surface area contributed by atoms with E-state index in [0.29, 0.717) is 11.6 Å². The standard InChI is InChI=1S/C19H27FN4O/c1-2-21-19(22-13-18(25)16-7-3-4-8-17(16)20)24-12-9-15(14-24)23-10-5-6-11-23/h3-8,15,18,25H,2,9-14H2,1H3,(H,21,22). The zero-order chi connectivity index (χ0) is 17.6. The molecule has 0 saturated carbocycles. The number of hydrogen-bond donors (Lipinski definition) is 2. The molecule has 0 bridgehead atoms. The van der Waals surface area contributed by atoms with Gasteiger partial charge < -0.3 is 15.3 Å². The average Bonchev–Trinajstić information content (AvgIpc) is 3.29. The molecule has 1 fully saturated rings. The first kappa shape index (κ1) is 17.9. The molecule has 2 aliphatic heterocycles. The van der Waals surface area contributed by atoms with Crippen LogP contribution in [0.2, 0.25) is 0 Å². The molecule has 5 nitrogen and oxygen atoms in total. The maximum absolute atomic E-state index is 13.8. The highest BCUT2D eigenvalue weighted by Crippen LogP contribution is 2.19. The van der Waals surface area contributed by atoms with Gasteiger partial charge in [-0.25, -0.2) is 4.39 Å². The number of nitrogens with zero attached hydrogens (tertiary/aromatic N) is 3. The van der Waals surface area contributed by atoms with Crippen molar-refractivity contribution in [2.24, 2.45) is 4.99 Å². The van der Waals surface area contributed by atoms with Gasteiger partial charge in [0.15, 0.2) is 5.96 Å². The molecular weight excluding hydrogens is 319 g/mol. The van der Waals surface area contributed by atoms with E-state index < -0.39 is 11.9 Å². The normalized spacial score (nSPS) is 22.6. The largest absolute Gasteiger partial charge is 0.386 e. The summed E-state index contributed by atoms with van der Waals surface area (Å²) in [5, 5.41) is 13.6. The van der Waals surface area contributed by atoms with Crippen LogP contribution in [0.5, 0.6) is 0 Å². The van der Waals surface area contributed by atoms with Crippen LogP contribution in [0, 0.1) is 5.82 Å². The van der Waals surface area contributed by atoms with Crippen molar-refractivity contribution in [3.05, 3.63) is 47.8 Å². The Bertz CT molecular complexity index is 626. The highest BCUT2D eigenvalue weighted by Gasteiger charge is 2.29. The van der Waals surface area contributed by atoms with E-state index in [2.05, 4.69) is 32.3 Å². The number of aliphatic hydroxyl groups excluding tert-OH is 1. The molecule has 6 heteroatoms. The minimum Gasteiger partial charge on any atom is -0.386 e. The predicted molar refractivity (Wildman–Crippen MR) is 98.0 cm³/mol. The van der Waals surface area contributed by atoms with E-state index in [1.807, 2.05) is 6.92 Å². The van der Waals surface area contributed by atoms with Crippen LogP contribution >= 0.6 is 0 Å². The Balaban J connectivity index is 1.62. The molecule has 1 saturated heterocycles. The molecule has 1 aromatic rings. The zero-order valence-corrected chi connectivity index (χ0v) is 14.7. The lowest BCUT2D eigenvalue weighted by Crippen LogP contribution is -2.43. The van der Waals surface area contributed by atoms with Crippen molar-refractivity contribution < 1.29 is 9.50 Å². The van der Waals surface area contributed by atoms with Crippen molar-refractivity contribution in [1.82, 2.24) is 15.1 Å². The monoisotopic (exact) mass is 346 g/mol. The smallest absolute Gasteiger partial charge is 0.194 e. The molecule has 0 radical (unpaired) electrons. The lowest BCUT2D eigenvalue weighted by molar-refractivity contribution is 0.181. The van der Waals surface area contributed by atoms with Crippen LogP contribution < -0.4 is 5.32 Å². The van der Waals surface area contributed by atoms with Gasteiger partial charge in [0, 0.05) is 44.3 Å². The lowest BCUT2D eigenvalue weighted by Gasteiger charge is -2.25. The summed E-state index contributed by atoms with van der Waals surface area (Å²) in [6.07, 6.45) is 4.61. The van der Waals surface area contributed by atoms with Crippen LogP contribution in [0.25, 0.3) is 0 Å². The summed E-state index contributed by atoms with van der Waals surface area (Å²) < 4.78 is 13.8. The third-order valence-corrected chi connectivity index (χ3v) is 4.84. The van der Waals surface area contributed by atoms with E-state index in [1.54, 1.807) is 18.2 Å². The summed E-state index contributed by atoms with van der Waals surface area (Å²) in [5.41, 5.74) is 0.296. The van der Waals surface area contributed by atoms with Gasteiger partial charge in [0.2, 0.25) is 0 Å². The Labute approximate surface area is 148 Å². The summed E-state index contributed by atoms with van der Waals surface area (Å²) in [6.45, 7) is 6.87. The Morgan fingerprint density at radius 3 is 2.84 bits per heavy atom. The zero-order valence-electron chi connectivity index (χ0n) is 14.7. The van der Waals surface area contributed by atoms with Gasteiger partial charge in [-0.15, -0.1) is 0 Å². The number of aliphatic imine (C=N–C) groups is 1. The molecule has 2 unspecified atom stereocenters. The van der Waals surface area contributed by atoms with E-state index in [-0.39, 0.29) is 6.54 Å². The molecule has 0 aliphatic carbocycles. The van der Waals surface area contributed by atoms with Gasteiger partial charge in [-0.3, -0.25) is 9.89 Å². The quantitative estimate of drug-likeness (QED) is 0.485. The van der Waals surface area contributed by atoms with E-state index in [0.717, 1.165) is 45.1 Å². The van der Waals surface area contributed by atoms with Gasteiger partial charge in [0.1, 0.15) is 11.9 Å². The van der Waals surface area contributed by atoms with Crippen LogP contribution in [0.4, 0.5) is 4.39 Å². The number of nitrogens with one attached hydrogen (secondary N) is 1. The van der Waals surface area contributed by atoms with Crippen molar-refractivity contribution >= 4 is 5.96 Å². The maximum atomic E-state index is 13.8. The Kier molecular flexibility index (Phi) is 6.04. The second-order valence-corrected chi connectivity index (χ2v) is 6.55. The van der Waals surface area contributed by atoms with Crippen LogP contribution in [-0.2, 0) is 0 Å². The molecule has 1 aromatic carbocycles. The van der Waals surface area contributed by atoms with Gasteiger partial charge in [-0.05, 0) is 19.4 Å². The van der Waals surface area contributed by atoms with Crippen LogP contribution in [-0.4, -0.2) is 66.2 Å². The molecular formula is C19H27FN4O. The summed E-state index contributed by atoms with van der Waals surface area (Å²) >= 11 is 0. The fraction of sp³-hybridized carbons (Fsp3) is 0.526. The minimum atomic E-state index is -0.934. The van der Waals surface area contributed by atoms with Crippen molar-refractivity contribution in [2.45, 2.75) is 25.5 Å². The second kappa shape index (κ2) is 8.45. The molecule has 2 aliphatic rings. The fourth-order valence-electron chi connectivity index (χ4n) is 3.47. The predicted octanol–water partition coefficient (Wildman–Crippen LogP) is 1.77. The second-order valence-electron chi connectivity index (χ2n) is 6.55. The van der Waals surface area contributed by atoms with Crippen molar-refractivity contribution in [1.29, 1.82) is 0 Å². The van der Waals surface area contributed by atoms with Crippen molar-refractivity contribution in [3.8, 4) is 0 Å². The molecule has 2 heterocycles. The Hall–Kier alpha value is -1.92. The van der Waals surface area contributed by atoms with Gasteiger partial charge in [-0.2, -0.15) is 0 Å². The molecule has 3 rings (SSSR count). The Morgan fingerprint density at radius 1 is 1.36 bits per heavy atom. The van der Waals surface area contributed by atoms with E-state index >= 15 is 0 Å². The van der Waals surface area contributed by atoms with Crippen LogP contribution in [0.1, 0.15) is 25.0 Å². The average molecular weight is 346 g/mol. The molecule has 0 amide bonds. The minimum absolute atomic E-state index is 0.149. The molecule has 0 aromatic heterocycles. The molecule has 2 atom stereocenters. The van der Waals surface area contributed by atoms with Gasteiger partial charge >= 0.3 is 0 Å². The van der Waals surface area contributed by atoms with Gasteiger partial charge in [0.05, 0.1) is 6.54 Å². The van der Waals surface area contributed by atoms with Crippen molar-refractivity contribution in [3.63, 3.8) is 0 Å². The molecule has 2 N–H and O–H groups in total. The topological polar surface area (TPSA) is 51.1 Å². The highest BCUT2D eigenvalue weighted by molar-refractivity contribution is 5.80. The number of benzene rings is 1. The van der Waals surface area contributed by atoms with E-state index in [4.69, 9.17) is 0 Å². The third kappa shape index (κ3) is 4.38. The lowest BCUT2D eigenvalue weighted by atomic mass is 10.1. The SMILES string of the molecule is CCNC(=NCC(O)c1ccccc1F)N1CCC(N2CC=CC2)C1. The summed E-state index contributed by atoms with van der Waals surface area (Å²) in [7, 11) is 0. The number of aliphatic hydroxyl groups is 1. The first-order valence-electron chi connectivity index (χ1n) is 9.03. The van der Waals surface area contributed by atoms with Crippen molar-refractivity contribution in [2.75, 3.05) is 39.3 Å². The number of hydrogen-bond acceptors (Lipinski definition) is 3. The molecule has 25 heavy (non-hydrogen) atoms. The number of rotatable bonds is 5. The van der Waals surface area contributed by atoms with E-state index in [1.165, 1.54) is 6.07 Å². The van der Waals surface area contributed by atoms with Gasteiger partial charge in [-0.1, -0.05) is 30.4 Å². The number of likely N-dealkylation sites (tertiary alicyclic amines) is 1. The van der Waals surface area contributed by atoms with Crippen LogP contribution in [0.3, 0.4) is 0 Å². The van der Waals surface area contributed by atoms with E-state index in [9.17, 15) is 9.50 Å². The summed E-state index contributed by atoms with van der Waals surface area (Å²) in [4.78, 5) is 9.26. The third-order valence-electron chi connectivity index (χ3n) is 4.84. The molecule has 136 valence electrons. The summed E-state index contributed by atoms with van der Waals surface area (Å²) in [5.74, 6) is 0.408. The van der Waals surface area contributed by atoms with Crippen LogP contribution in [0.15, 0.2) is 41.4 Å².